The quantitative estimate of drug-likeness (QED) is 0.739. The normalized spacial score (nSPS) is 24.8. The average molecular weight is 188 g/mol. The second kappa shape index (κ2) is 5.46. The Labute approximate surface area is 77.7 Å². The van der Waals surface area contributed by atoms with Crippen LogP contribution in [-0.4, -0.2) is 22.6 Å². The van der Waals surface area contributed by atoms with Crippen LogP contribution in [0, 0.1) is 5.92 Å². The highest BCUT2D eigenvalue weighted by atomic mass is 32.2. The fourth-order valence-electron chi connectivity index (χ4n) is 1.59. The van der Waals surface area contributed by atoms with Crippen LogP contribution in [-0.2, 0) is 4.79 Å². The minimum absolute atomic E-state index is 0.356. The van der Waals surface area contributed by atoms with Gasteiger partial charge in [-0.1, -0.05) is 0 Å². The third kappa shape index (κ3) is 4.00. The van der Waals surface area contributed by atoms with Crippen LogP contribution in [0.5, 0.6) is 0 Å². The number of hydrogen-bond donors (Lipinski definition) is 1. The summed E-state index contributed by atoms with van der Waals surface area (Å²) in [7, 11) is 0. The molecule has 1 atom stereocenters. The largest absolute Gasteiger partial charge is 0.481 e. The molecule has 12 heavy (non-hydrogen) atoms. The van der Waals surface area contributed by atoms with Gasteiger partial charge < -0.3 is 5.11 Å². The van der Waals surface area contributed by atoms with Gasteiger partial charge in [-0.3, -0.25) is 4.79 Å². The van der Waals surface area contributed by atoms with Crippen molar-refractivity contribution in [3.63, 3.8) is 0 Å². The van der Waals surface area contributed by atoms with Crippen molar-refractivity contribution in [2.45, 2.75) is 32.1 Å². The molecule has 0 aromatic rings. The SMILES string of the molecule is O=C(O)CCC1CCCSCC1. The summed E-state index contributed by atoms with van der Waals surface area (Å²) in [6.07, 6.45) is 4.97. The first-order chi connectivity index (χ1) is 5.79. The summed E-state index contributed by atoms with van der Waals surface area (Å²) in [6, 6.07) is 0. The van der Waals surface area contributed by atoms with E-state index >= 15 is 0 Å². The highest BCUT2D eigenvalue weighted by Crippen LogP contribution is 2.25. The Balaban J connectivity index is 2.16. The molecule has 70 valence electrons. The first kappa shape index (κ1) is 9.90. The van der Waals surface area contributed by atoms with Gasteiger partial charge in [0.25, 0.3) is 0 Å². The molecule has 1 unspecified atom stereocenters. The lowest BCUT2D eigenvalue weighted by Crippen LogP contribution is -2.04. The van der Waals surface area contributed by atoms with E-state index in [4.69, 9.17) is 5.11 Å². The molecule has 1 fully saturated rings. The van der Waals surface area contributed by atoms with Gasteiger partial charge in [0.05, 0.1) is 0 Å². The molecule has 0 aromatic heterocycles. The molecule has 1 aliphatic heterocycles. The molecule has 1 saturated heterocycles. The Morgan fingerprint density at radius 3 is 3.00 bits per heavy atom. The minimum Gasteiger partial charge on any atom is -0.481 e. The van der Waals surface area contributed by atoms with E-state index in [1.807, 2.05) is 11.8 Å². The molecule has 0 radical (unpaired) electrons. The zero-order valence-corrected chi connectivity index (χ0v) is 8.11. The van der Waals surface area contributed by atoms with E-state index in [1.54, 1.807) is 0 Å². The first-order valence-electron chi connectivity index (χ1n) is 4.58. The van der Waals surface area contributed by atoms with E-state index < -0.39 is 5.97 Å². The van der Waals surface area contributed by atoms with Crippen molar-refractivity contribution in [3.8, 4) is 0 Å². The molecule has 0 aliphatic carbocycles. The molecule has 1 N–H and O–H groups in total. The number of carboxylic acids is 1. The summed E-state index contributed by atoms with van der Waals surface area (Å²) < 4.78 is 0. The fourth-order valence-corrected chi connectivity index (χ4v) is 2.66. The number of carbonyl (C=O) groups is 1. The topological polar surface area (TPSA) is 37.3 Å². The van der Waals surface area contributed by atoms with Gasteiger partial charge in [-0.25, -0.2) is 0 Å². The van der Waals surface area contributed by atoms with Crippen LogP contribution in [0.25, 0.3) is 0 Å². The summed E-state index contributed by atoms with van der Waals surface area (Å²) in [5.74, 6) is 2.52. The molecular weight excluding hydrogens is 172 g/mol. The Kier molecular flexibility index (Phi) is 4.51. The van der Waals surface area contributed by atoms with Crippen LogP contribution in [0.2, 0.25) is 0 Å². The van der Waals surface area contributed by atoms with Crippen LogP contribution in [0.1, 0.15) is 32.1 Å². The molecule has 0 saturated carbocycles. The van der Waals surface area contributed by atoms with Crippen molar-refractivity contribution in [2.24, 2.45) is 5.92 Å². The predicted octanol–water partition coefficient (Wildman–Crippen LogP) is 2.38. The van der Waals surface area contributed by atoms with Crippen molar-refractivity contribution in [3.05, 3.63) is 0 Å². The smallest absolute Gasteiger partial charge is 0.303 e. The zero-order valence-electron chi connectivity index (χ0n) is 7.29. The van der Waals surface area contributed by atoms with E-state index in [0.29, 0.717) is 12.3 Å². The lowest BCUT2D eigenvalue weighted by atomic mass is 9.95. The highest BCUT2D eigenvalue weighted by molar-refractivity contribution is 7.99. The van der Waals surface area contributed by atoms with Crippen LogP contribution >= 0.6 is 11.8 Å². The lowest BCUT2D eigenvalue weighted by molar-refractivity contribution is -0.137. The van der Waals surface area contributed by atoms with Gasteiger partial charge in [0, 0.05) is 6.42 Å². The van der Waals surface area contributed by atoms with E-state index in [2.05, 4.69) is 0 Å². The Morgan fingerprint density at radius 2 is 2.25 bits per heavy atom. The third-order valence-corrected chi connectivity index (χ3v) is 3.44. The number of hydrogen-bond acceptors (Lipinski definition) is 2. The van der Waals surface area contributed by atoms with Crippen molar-refractivity contribution in [1.29, 1.82) is 0 Å². The molecular formula is C9H16O2S. The first-order valence-corrected chi connectivity index (χ1v) is 5.74. The average Bonchev–Trinajstić information content (AvgIpc) is 2.28. The Bertz CT molecular complexity index is 139. The van der Waals surface area contributed by atoms with Crippen LogP contribution in [0.4, 0.5) is 0 Å². The molecule has 2 nitrogen and oxygen atoms in total. The highest BCUT2D eigenvalue weighted by Gasteiger charge is 2.13. The van der Waals surface area contributed by atoms with Crippen molar-refractivity contribution < 1.29 is 9.90 Å². The zero-order chi connectivity index (χ0) is 8.81. The molecule has 3 heteroatoms. The Morgan fingerprint density at radius 1 is 1.42 bits per heavy atom. The number of aliphatic carboxylic acids is 1. The standard InChI is InChI=1S/C9H16O2S/c10-9(11)4-3-8-2-1-6-12-7-5-8/h8H,1-7H2,(H,10,11). The van der Waals surface area contributed by atoms with Gasteiger partial charge in [0.1, 0.15) is 0 Å². The van der Waals surface area contributed by atoms with Gasteiger partial charge in [0.2, 0.25) is 0 Å². The monoisotopic (exact) mass is 188 g/mol. The summed E-state index contributed by atoms with van der Waals surface area (Å²) >= 11 is 2.01. The fraction of sp³-hybridized carbons (Fsp3) is 0.889. The number of rotatable bonds is 3. The van der Waals surface area contributed by atoms with Crippen LogP contribution in [0.15, 0.2) is 0 Å². The van der Waals surface area contributed by atoms with E-state index in [1.165, 1.54) is 30.8 Å². The molecule has 0 bridgehead atoms. The minimum atomic E-state index is -0.646. The molecule has 0 spiro atoms. The summed E-state index contributed by atoms with van der Waals surface area (Å²) in [6.45, 7) is 0. The van der Waals surface area contributed by atoms with Gasteiger partial charge in [-0.15, -0.1) is 0 Å². The summed E-state index contributed by atoms with van der Waals surface area (Å²) in [4.78, 5) is 10.3. The van der Waals surface area contributed by atoms with Crippen molar-refractivity contribution >= 4 is 17.7 Å². The van der Waals surface area contributed by atoms with Crippen LogP contribution < -0.4 is 0 Å². The number of carboxylic acid groups (broad SMARTS) is 1. The van der Waals surface area contributed by atoms with E-state index in [9.17, 15) is 4.79 Å². The molecule has 1 heterocycles. The van der Waals surface area contributed by atoms with Gasteiger partial charge in [-0.2, -0.15) is 11.8 Å². The molecule has 1 aliphatic rings. The molecule has 0 amide bonds. The number of thioether (sulfide) groups is 1. The molecule has 0 aromatic carbocycles. The summed E-state index contributed by atoms with van der Waals surface area (Å²) in [5, 5.41) is 8.51. The summed E-state index contributed by atoms with van der Waals surface area (Å²) in [5.41, 5.74) is 0. The van der Waals surface area contributed by atoms with E-state index in [0.717, 1.165) is 6.42 Å². The van der Waals surface area contributed by atoms with Gasteiger partial charge in [0.15, 0.2) is 0 Å². The van der Waals surface area contributed by atoms with Crippen molar-refractivity contribution in [2.75, 3.05) is 11.5 Å². The molecule has 1 rings (SSSR count). The second-order valence-electron chi connectivity index (χ2n) is 3.34. The van der Waals surface area contributed by atoms with Gasteiger partial charge >= 0.3 is 5.97 Å². The maximum Gasteiger partial charge on any atom is 0.303 e. The lowest BCUT2D eigenvalue weighted by Gasteiger charge is -2.10. The predicted molar refractivity (Wildman–Crippen MR) is 51.5 cm³/mol. The third-order valence-electron chi connectivity index (χ3n) is 2.34. The maximum atomic E-state index is 10.3. The van der Waals surface area contributed by atoms with Gasteiger partial charge in [-0.05, 0) is 43.1 Å². The Hall–Kier alpha value is -0.180. The second-order valence-corrected chi connectivity index (χ2v) is 4.57. The van der Waals surface area contributed by atoms with Crippen molar-refractivity contribution in [1.82, 2.24) is 0 Å². The van der Waals surface area contributed by atoms with E-state index in [-0.39, 0.29) is 0 Å². The maximum absolute atomic E-state index is 10.3. The van der Waals surface area contributed by atoms with Crippen LogP contribution in [0.3, 0.4) is 0 Å².